The second kappa shape index (κ2) is 6.84. The van der Waals surface area contributed by atoms with Crippen LogP contribution in [0.25, 0.3) is 17.1 Å². The third-order valence-electron chi connectivity index (χ3n) is 3.51. The summed E-state index contributed by atoms with van der Waals surface area (Å²) in [5.41, 5.74) is 1.73. The van der Waals surface area contributed by atoms with Gasteiger partial charge in [-0.05, 0) is 31.2 Å². The number of nitrogens with zero attached hydrogens (tertiary/aromatic N) is 3. The Labute approximate surface area is 139 Å². The van der Waals surface area contributed by atoms with Crippen LogP contribution in [0.15, 0.2) is 59.2 Å². The summed E-state index contributed by atoms with van der Waals surface area (Å²) in [6.45, 7) is 2.04. The molecule has 3 aromatic rings. The molecule has 0 spiro atoms. The fourth-order valence-corrected chi connectivity index (χ4v) is 2.24. The van der Waals surface area contributed by atoms with E-state index in [1.54, 1.807) is 36.1 Å². The van der Waals surface area contributed by atoms with Crippen LogP contribution in [-0.4, -0.2) is 22.2 Å². The molecule has 1 aromatic carbocycles. The third kappa shape index (κ3) is 3.20. The Balaban J connectivity index is 1.97. The second-order valence-electron chi connectivity index (χ2n) is 5.38. The number of furan rings is 1. The van der Waals surface area contributed by atoms with E-state index in [4.69, 9.17) is 9.68 Å². The van der Waals surface area contributed by atoms with E-state index in [-0.39, 0.29) is 18.4 Å². The first-order chi connectivity index (χ1) is 11.7. The number of carbonyl (C=O) groups excluding carboxylic acids is 1. The minimum atomic E-state index is -0.286. The Morgan fingerprint density at radius 2 is 2.12 bits per heavy atom. The van der Waals surface area contributed by atoms with E-state index in [2.05, 4.69) is 16.5 Å². The zero-order valence-electron chi connectivity index (χ0n) is 13.1. The summed E-state index contributed by atoms with van der Waals surface area (Å²) in [7, 11) is 0. The van der Waals surface area contributed by atoms with E-state index in [1.165, 1.54) is 0 Å². The second-order valence-corrected chi connectivity index (χ2v) is 5.38. The van der Waals surface area contributed by atoms with Crippen molar-refractivity contribution in [3.63, 3.8) is 0 Å². The van der Waals surface area contributed by atoms with Crippen molar-refractivity contribution in [3.05, 3.63) is 60.5 Å². The monoisotopic (exact) mass is 320 g/mol. The van der Waals surface area contributed by atoms with Crippen LogP contribution in [0.1, 0.15) is 17.4 Å². The van der Waals surface area contributed by atoms with Gasteiger partial charge in [0.25, 0.3) is 5.91 Å². The summed E-state index contributed by atoms with van der Waals surface area (Å²) in [6.07, 6.45) is 1.56. The van der Waals surface area contributed by atoms with E-state index < -0.39 is 0 Å². The molecule has 3 rings (SSSR count). The minimum Gasteiger partial charge on any atom is -0.463 e. The molecule has 2 heterocycles. The van der Waals surface area contributed by atoms with Crippen molar-refractivity contribution < 1.29 is 9.21 Å². The summed E-state index contributed by atoms with van der Waals surface area (Å²) in [6, 6.07) is 16.7. The molecule has 6 nitrogen and oxygen atoms in total. The number of aromatic nitrogens is 2. The lowest BCUT2D eigenvalue weighted by atomic mass is 10.2. The highest BCUT2D eigenvalue weighted by Crippen LogP contribution is 2.22. The Bertz CT molecular complexity index is 860. The van der Waals surface area contributed by atoms with Gasteiger partial charge < -0.3 is 9.73 Å². The highest BCUT2D eigenvalue weighted by molar-refractivity contribution is 5.94. The van der Waals surface area contributed by atoms with Crippen molar-refractivity contribution in [1.82, 2.24) is 15.1 Å². The molecule has 6 heteroatoms. The van der Waals surface area contributed by atoms with Gasteiger partial charge in [-0.2, -0.15) is 10.4 Å². The summed E-state index contributed by atoms with van der Waals surface area (Å²) in [5.74, 6) is 0.0435. The fourth-order valence-electron chi connectivity index (χ4n) is 2.24. The standard InChI is InChI=1S/C18H16N4O2/c1-13(11-19)12-20-18(23)16-10-15(17-8-5-9-24-17)21-22(16)14-6-3-2-4-7-14/h2-10,13H,12H2,1H3,(H,20,23). The summed E-state index contributed by atoms with van der Waals surface area (Å²) >= 11 is 0. The van der Waals surface area contributed by atoms with Crippen molar-refractivity contribution in [2.45, 2.75) is 6.92 Å². The van der Waals surface area contributed by atoms with Crippen LogP contribution in [0, 0.1) is 17.2 Å². The molecule has 0 fully saturated rings. The summed E-state index contributed by atoms with van der Waals surface area (Å²) in [4.78, 5) is 12.5. The quantitative estimate of drug-likeness (QED) is 0.783. The molecule has 0 saturated carbocycles. The molecule has 1 unspecified atom stereocenters. The van der Waals surface area contributed by atoms with Crippen LogP contribution < -0.4 is 5.32 Å². The first-order valence-corrected chi connectivity index (χ1v) is 7.56. The number of carbonyl (C=O) groups is 1. The lowest BCUT2D eigenvalue weighted by Crippen LogP contribution is -2.29. The highest BCUT2D eigenvalue weighted by Gasteiger charge is 2.19. The Morgan fingerprint density at radius 1 is 1.33 bits per heavy atom. The zero-order chi connectivity index (χ0) is 16.9. The Morgan fingerprint density at radius 3 is 2.79 bits per heavy atom. The number of rotatable bonds is 5. The smallest absolute Gasteiger partial charge is 0.270 e. The molecule has 0 aliphatic rings. The van der Waals surface area contributed by atoms with Crippen molar-refractivity contribution >= 4 is 5.91 Å². The van der Waals surface area contributed by atoms with E-state index in [0.717, 1.165) is 5.69 Å². The van der Waals surface area contributed by atoms with Gasteiger partial charge in [-0.3, -0.25) is 4.79 Å². The highest BCUT2D eigenvalue weighted by atomic mass is 16.3. The average Bonchev–Trinajstić information content (AvgIpc) is 3.29. The molecule has 24 heavy (non-hydrogen) atoms. The van der Waals surface area contributed by atoms with Crippen molar-refractivity contribution in [2.75, 3.05) is 6.54 Å². The number of para-hydroxylation sites is 1. The molecule has 0 radical (unpaired) electrons. The average molecular weight is 320 g/mol. The molecule has 0 saturated heterocycles. The lowest BCUT2D eigenvalue weighted by molar-refractivity contribution is 0.0943. The number of nitriles is 1. The van der Waals surface area contributed by atoms with Gasteiger partial charge in [-0.15, -0.1) is 0 Å². The van der Waals surface area contributed by atoms with Gasteiger partial charge in [0.05, 0.1) is 23.9 Å². The van der Waals surface area contributed by atoms with E-state index in [0.29, 0.717) is 17.1 Å². The molecule has 1 N–H and O–H groups in total. The first-order valence-electron chi connectivity index (χ1n) is 7.56. The first kappa shape index (κ1) is 15.6. The van der Waals surface area contributed by atoms with Gasteiger partial charge in [0.15, 0.2) is 5.76 Å². The number of hydrogen-bond acceptors (Lipinski definition) is 4. The van der Waals surface area contributed by atoms with Gasteiger partial charge in [-0.25, -0.2) is 4.68 Å². The van der Waals surface area contributed by atoms with Crippen LogP contribution in [0.4, 0.5) is 0 Å². The van der Waals surface area contributed by atoms with Crippen molar-refractivity contribution in [2.24, 2.45) is 5.92 Å². The van der Waals surface area contributed by atoms with Crippen LogP contribution in [0.5, 0.6) is 0 Å². The summed E-state index contributed by atoms with van der Waals surface area (Å²) in [5, 5.41) is 16.1. The van der Waals surface area contributed by atoms with E-state index in [9.17, 15) is 4.79 Å². The van der Waals surface area contributed by atoms with Crippen molar-refractivity contribution in [3.8, 4) is 23.2 Å². The number of amides is 1. The maximum atomic E-state index is 12.5. The largest absolute Gasteiger partial charge is 0.463 e. The Hall–Kier alpha value is -3.33. The molecule has 0 aliphatic carbocycles. The van der Waals surface area contributed by atoms with Gasteiger partial charge in [0.2, 0.25) is 0 Å². The molecule has 2 aromatic heterocycles. The topological polar surface area (TPSA) is 83.8 Å². The maximum Gasteiger partial charge on any atom is 0.270 e. The van der Waals surface area contributed by atoms with Gasteiger partial charge in [0.1, 0.15) is 11.4 Å². The zero-order valence-corrected chi connectivity index (χ0v) is 13.1. The van der Waals surface area contributed by atoms with Crippen LogP contribution in [-0.2, 0) is 0 Å². The molecule has 0 bridgehead atoms. The van der Waals surface area contributed by atoms with Crippen molar-refractivity contribution in [1.29, 1.82) is 5.26 Å². The molecule has 0 aliphatic heterocycles. The fraction of sp³-hybridized carbons (Fsp3) is 0.167. The molecule has 1 amide bonds. The molecular formula is C18H16N4O2. The Kier molecular flexibility index (Phi) is 4.43. The summed E-state index contributed by atoms with van der Waals surface area (Å²) < 4.78 is 6.94. The van der Waals surface area contributed by atoms with E-state index in [1.807, 2.05) is 30.3 Å². The SMILES string of the molecule is CC(C#N)CNC(=O)c1cc(-c2ccco2)nn1-c1ccccc1. The van der Waals surface area contributed by atoms with Gasteiger partial charge in [0, 0.05) is 12.6 Å². The van der Waals surface area contributed by atoms with Crippen LogP contribution in [0.2, 0.25) is 0 Å². The predicted octanol–water partition coefficient (Wildman–Crippen LogP) is 3.02. The van der Waals surface area contributed by atoms with Gasteiger partial charge in [-0.1, -0.05) is 18.2 Å². The number of hydrogen-bond donors (Lipinski definition) is 1. The molecule has 120 valence electrons. The third-order valence-corrected chi connectivity index (χ3v) is 3.51. The van der Waals surface area contributed by atoms with E-state index >= 15 is 0 Å². The number of nitrogens with one attached hydrogen (secondary N) is 1. The predicted molar refractivity (Wildman–Crippen MR) is 88.4 cm³/mol. The maximum absolute atomic E-state index is 12.5. The van der Waals surface area contributed by atoms with Crippen LogP contribution in [0.3, 0.4) is 0 Å². The van der Waals surface area contributed by atoms with Crippen LogP contribution >= 0.6 is 0 Å². The molecule has 1 atom stereocenters. The molecular weight excluding hydrogens is 304 g/mol. The number of benzene rings is 1. The van der Waals surface area contributed by atoms with Gasteiger partial charge >= 0.3 is 0 Å². The minimum absolute atomic E-state index is 0.258. The normalized spacial score (nSPS) is 11.7. The lowest BCUT2D eigenvalue weighted by Gasteiger charge is -2.08.